The molecule has 2 aromatic carbocycles. The SMILES string of the molecule is Cc1ccc(NC(=O)C2CC2)cc1NC(=O)c1cc2cc(Cl)ccc2o1. The summed E-state index contributed by atoms with van der Waals surface area (Å²) in [5.41, 5.74) is 2.78. The van der Waals surface area contributed by atoms with Crippen molar-refractivity contribution < 1.29 is 14.0 Å². The number of hydrogen-bond donors (Lipinski definition) is 2. The molecule has 5 nitrogen and oxygen atoms in total. The number of furan rings is 1. The molecule has 2 N–H and O–H groups in total. The van der Waals surface area contributed by atoms with Gasteiger partial charge >= 0.3 is 0 Å². The maximum Gasteiger partial charge on any atom is 0.291 e. The molecule has 0 bridgehead atoms. The lowest BCUT2D eigenvalue weighted by atomic mass is 10.1. The molecule has 0 spiro atoms. The molecule has 0 atom stereocenters. The number of amides is 2. The van der Waals surface area contributed by atoms with Crippen molar-refractivity contribution in [3.05, 3.63) is 58.8 Å². The first-order chi connectivity index (χ1) is 12.5. The van der Waals surface area contributed by atoms with E-state index >= 15 is 0 Å². The van der Waals surface area contributed by atoms with Crippen LogP contribution < -0.4 is 10.6 Å². The van der Waals surface area contributed by atoms with Crippen LogP contribution in [0.25, 0.3) is 11.0 Å². The molecule has 1 aromatic heterocycles. The van der Waals surface area contributed by atoms with Crippen LogP contribution in [0.1, 0.15) is 29.0 Å². The highest BCUT2D eigenvalue weighted by atomic mass is 35.5. The van der Waals surface area contributed by atoms with E-state index in [0.717, 1.165) is 23.8 Å². The first-order valence-corrected chi connectivity index (χ1v) is 8.79. The number of hydrogen-bond acceptors (Lipinski definition) is 3. The van der Waals surface area contributed by atoms with Crippen molar-refractivity contribution in [3.8, 4) is 0 Å². The highest BCUT2D eigenvalue weighted by Crippen LogP contribution is 2.31. The maximum absolute atomic E-state index is 12.5. The van der Waals surface area contributed by atoms with Crippen molar-refractivity contribution in [2.45, 2.75) is 19.8 Å². The largest absolute Gasteiger partial charge is 0.451 e. The summed E-state index contributed by atoms with van der Waals surface area (Å²) in [4.78, 5) is 24.5. The number of aryl methyl sites for hydroxylation is 1. The Labute approximate surface area is 155 Å². The van der Waals surface area contributed by atoms with Crippen LogP contribution in [-0.2, 0) is 4.79 Å². The Hall–Kier alpha value is -2.79. The molecule has 132 valence electrons. The molecule has 1 aliphatic carbocycles. The Bertz CT molecular complexity index is 1020. The summed E-state index contributed by atoms with van der Waals surface area (Å²) in [6, 6.07) is 12.3. The Morgan fingerprint density at radius 1 is 1.08 bits per heavy atom. The lowest BCUT2D eigenvalue weighted by Crippen LogP contribution is -2.15. The van der Waals surface area contributed by atoms with Crippen molar-refractivity contribution in [2.75, 3.05) is 10.6 Å². The summed E-state index contributed by atoms with van der Waals surface area (Å²) in [7, 11) is 0. The van der Waals surface area contributed by atoms with E-state index in [2.05, 4.69) is 10.6 Å². The molecule has 6 heteroatoms. The highest BCUT2D eigenvalue weighted by molar-refractivity contribution is 6.31. The minimum atomic E-state index is -0.355. The Morgan fingerprint density at radius 2 is 1.88 bits per heavy atom. The smallest absolute Gasteiger partial charge is 0.291 e. The van der Waals surface area contributed by atoms with Crippen LogP contribution in [0.5, 0.6) is 0 Å². The average Bonchev–Trinajstić information content (AvgIpc) is 3.37. The maximum atomic E-state index is 12.5. The average molecular weight is 369 g/mol. The fourth-order valence-corrected chi connectivity index (χ4v) is 2.91. The van der Waals surface area contributed by atoms with E-state index in [-0.39, 0.29) is 23.5 Å². The van der Waals surface area contributed by atoms with Gasteiger partial charge in [0, 0.05) is 27.7 Å². The highest BCUT2D eigenvalue weighted by Gasteiger charge is 2.29. The van der Waals surface area contributed by atoms with Gasteiger partial charge in [0.05, 0.1) is 0 Å². The molecule has 3 aromatic rings. The number of halogens is 1. The van der Waals surface area contributed by atoms with Gasteiger partial charge in [-0.1, -0.05) is 17.7 Å². The Morgan fingerprint density at radius 3 is 2.65 bits per heavy atom. The fourth-order valence-electron chi connectivity index (χ4n) is 2.73. The van der Waals surface area contributed by atoms with E-state index in [4.69, 9.17) is 16.0 Å². The molecular weight excluding hydrogens is 352 g/mol. The summed E-state index contributed by atoms with van der Waals surface area (Å²) >= 11 is 5.97. The fraction of sp³-hybridized carbons (Fsp3) is 0.200. The molecule has 1 saturated carbocycles. The van der Waals surface area contributed by atoms with E-state index in [1.165, 1.54) is 0 Å². The van der Waals surface area contributed by atoms with Gasteiger partial charge in [-0.15, -0.1) is 0 Å². The molecular formula is C20H17ClN2O3. The summed E-state index contributed by atoms with van der Waals surface area (Å²) in [6.45, 7) is 1.89. The number of benzene rings is 2. The molecule has 1 heterocycles. The number of carbonyl (C=O) groups is 2. The molecule has 26 heavy (non-hydrogen) atoms. The molecule has 4 rings (SSSR count). The summed E-state index contributed by atoms with van der Waals surface area (Å²) in [6.07, 6.45) is 1.88. The number of anilines is 2. The summed E-state index contributed by atoms with van der Waals surface area (Å²) in [5, 5.41) is 7.08. The van der Waals surface area contributed by atoms with Crippen molar-refractivity contribution >= 4 is 45.8 Å². The van der Waals surface area contributed by atoms with Gasteiger partial charge in [-0.25, -0.2) is 0 Å². The molecule has 0 radical (unpaired) electrons. The van der Waals surface area contributed by atoms with Crippen molar-refractivity contribution in [1.82, 2.24) is 0 Å². The molecule has 1 fully saturated rings. The van der Waals surface area contributed by atoms with Crippen LogP contribution in [0.2, 0.25) is 5.02 Å². The minimum Gasteiger partial charge on any atom is -0.451 e. The van der Waals surface area contributed by atoms with Crippen LogP contribution in [0, 0.1) is 12.8 Å². The van der Waals surface area contributed by atoms with Crippen LogP contribution in [0.4, 0.5) is 11.4 Å². The van der Waals surface area contributed by atoms with Crippen LogP contribution in [0.15, 0.2) is 46.9 Å². The Kier molecular flexibility index (Phi) is 4.17. The predicted octanol–water partition coefficient (Wildman–Crippen LogP) is 5.00. The molecule has 1 aliphatic rings. The van der Waals surface area contributed by atoms with Gasteiger partial charge in [0.25, 0.3) is 5.91 Å². The molecule has 2 amide bonds. The number of rotatable bonds is 4. The van der Waals surface area contributed by atoms with Gasteiger partial charge < -0.3 is 15.1 Å². The standard InChI is InChI=1S/C20H17ClN2O3/c1-11-2-6-15(22-19(24)12-3-4-12)10-16(11)23-20(25)18-9-13-8-14(21)5-7-17(13)26-18/h2,5-10,12H,3-4H2,1H3,(H,22,24)(H,23,25). The quantitative estimate of drug-likeness (QED) is 0.681. The van der Waals surface area contributed by atoms with Crippen molar-refractivity contribution in [1.29, 1.82) is 0 Å². The van der Waals surface area contributed by atoms with Crippen molar-refractivity contribution in [2.24, 2.45) is 5.92 Å². The second kappa shape index (κ2) is 6.50. The van der Waals surface area contributed by atoms with Gasteiger partial charge in [0.1, 0.15) is 5.58 Å². The lowest BCUT2D eigenvalue weighted by molar-refractivity contribution is -0.117. The van der Waals surface area contributed by atoms with E-state index in [0.29, 0.717) is 22.0 Å². The van der Waals surface area contributed by atoms with Crippen molar-refractivity contribution in [3.63, 3.8) is 0 Å². The number of carbonyl (C=O) groups excluding carboxylic acids is 2. The first-order valence-electron chi connectivity index (χ1n) is 8.41. The molecule has 0 aliphatic heterocycles. The number of fused-ring (bicyclic) bond motifs is 1. The number of nitrogens with one attached hydrogen (secondary N) is 2. The third-order valence-electron chi connectivity index (χ3n) is 4.40. The van der Waals surface area contributed by atoms with Crippen LogP contribution in [0.3, 0.4) is 0 Å². The normalized spacial score (nSPS) is 13.6. The van der Waals surface area contributed by atoms with E-state index < -0.39 is 0 Å². The monoisotopic (exact) mass is 368 g/mol. The summed E-state index contributed by atoms with van der Waals surface area (Å²) < 4.78 is 5.59. The van der Waals surface area contributed by atoms with Gasteiger partial charge in [-0.3, -0.25) is 9.59 Å². The van der Waals surface area contributed by atoms with E-state index in [1.807, 2.05) is 19.1 Å². The van der Waals surface area contributed by atoms with Gasteiger partial charge in [-0.05, 0) is 61.7 Å². The molecule has 0 unspecified atom stereocenters. The van der Waals surface area contributed by atoms with Crippen LogP contribution >= 0.6 is 11.6 Å². The van der Waals surface area contributed by atoms with Crippen LogP contribution in [-0.4, -0.2) is 11.8 Å². The van der Waals surface area contributed by atoms with E-state index in [1.54, 1.807) is 30.3 Å². The zero-order valence-electron chi connectivity index (χ0n) is 14.1. The zero-order valence-corrected chi connectivity index (χ0v) is 14.9. The van der Waals surface area contributed by atoms with Gasteiger partial charge in [0.2, 0.25) is 5.91 Å². The third-order valence-corrected chi connectivity index (χ3v) is 4.64. The van der Waals surface area contributed by atoms with E-state index in [9.17, 15) is 9.59 Å². The topological polar surface area (TPSA) is 71.3 Å². The van der Waals surface area contributed by atoms with Gasteiger partial charge in [0.15, 0.2) is 5.76 Å². The second-order valence-corrected chi connectivity index (χ2v) is 6.98. The molecule has 0 saturated heterocycles. The summed E-state index contributed by atoms with van der Waals surface area (Å²) in [5.74, 6) is -0.00260. The van der Waals surface area contributed by atoms with Gasteiger partial charge in [-0.2, -0.15) is 0 Å². The first kappa shape index (κ1) is 16.7. The third kappa shape index (κ3) is 3.44. The predicted molar refractivity (Wildman–Crippen MR) is 102 cm³/mol. The second-order valence-electron chi connectivity index (χ2n) is 6.54. The zero-order chi connectivity index (χ0) is 18.3. The minimum absolute atomic E-state index is 0.0280. The lowest BCUT2D eigenvalue weighted by Gasteiger charge is -2.10. The Balaban J connectivity index is 1.54.